The summed E-state index contributed by atoms with van der Waals surface area (Å²) in [7, 11) is 1.02. The number of carbonyl (C=O) groups excluding carboxylic acids is 2. The van der Waals surface area contributed by atoms with Gasteiger partial charge in [0.25, 0.3) is 5.78 Å². The Hall–Kier alpha value is -1.02. The van der Waals surface area contributed by atoms with E-state index in [4.69, 9.17) is 10.4 Å². The minimum atomic E-state index is -1.10. The van der Waals surface area contributed by atoms with E-state index in [2.05, 4.69) is 9.57 Å². The van der Waals surface area contributed by atoms with Crippen LogP contribution in [0.1, 0.15) is 0 Å². The summed E-state index contributed by atoms with van der Waals surface area (Å²) in [4.78, 5) is 24.5. The Morgan fingerprint density at radius 2 is 2.00 bits per heavy atom. The van der Waals surface area contributed by atoms with Gasteiger partial charge in [0.05, 0.1) is 12.5 Å². The van der Waals surface area contributed by atoms with E-state index in [0.29, 0.717) is 0 Å². The maximum atomic E-state index is 10.4. The predicted octanol–water partition coefficient (Wildman–Crippen LogP) is -1.26. The number of carbonyl (C=O) groups is 2. The van der Waals surface area contributed by atoms with E-state index in [1.165, 1.54) is 0 Å². The minimum Gasteiger partial charge on any atom is -0.463 e. The molecule has 0 spiro atoms. The molecule has 2 N–H and O–H groups in total. The zero-order valence-electron chi connectivity index (χ0n) is 5.68. The van der Waals surface area contributed by atoms with Crippen LogP contribution in [-0.4, -0.2) is 41.3 Å². The Kier molecular flexibility index (Phi) is 4.30. The summed E-state index contributed by atoms with van der Waals surface area (Å²) >= 11 is 0. The molecule has 0 atom stereocenters. The molecule has 0 aromatic carbocycles. The van der Waals surface area contributed by atoms with Gasteiger partial charge in [-0.1, -0.05) is 0 Å². The second kappa shape index (κ2) is 4.74. The average molecular weight is 165 g/mol. The number of Topliss-reactive ketones (excluding diaryl/α,β-unsaturated/α-hetero) is 1. The molecular weight excluding hydrogens is 158 g/mol. The van der Waals surface area contributed by atoms with Gasteiger partial charge in [-0.2, -0.15) is 0 Å². The summed E-state index contributed by atoms with van der Waals surface area (Å²) in [5.41, 5.74) is 0. The van der Waals surface area contributed by atoms with Crippen LogP contribution in [0.5, 0.6) is 0 Å². The van der Waals surface area contributed by atoms with Crippen molar-refractivity contribution < 1.29 is 29.6 Å². The van der Waals surface area contributed by atoms with Crippen molar-refractivity contribution in [2.45, 2.75) is 0 Å². The fourth-order valence-corrected chi connectivity index (χ4v) is 0.289. The zero-order chi connectivity index (χ0) is 8.85. The van der Waals surface area contributed by atoms with Crippen molar-refractivity contribution >= 4 is 11.8 Å². The molecule has 0 aliphatic heterocycles. The fraction of sp³-hybridized carbons (Fsp3) is 0.500. The standard InChI is InChI=1S/C4H7NO6/c1-10-4(7)3(6)2-11-5(8)9/h8-9H,2H2,1H3. The van der Waals surface area contributed by atoms with Gasteiger partial charge >= 0.3 is 5.97 Å². The first-order chi connectivity index (χ1) is 5.07. The lowest BCUT2D eigenvalue weighted by Gasteiger charge is -2.03. The first kappa shape index (κ1) is 9.98. The lowest BCUT2D eigenvalue weighted by atomic mass is 10.4. The van der Waals surface area contributed by atoms with Gasteiger partial charge in [0.15, 0.2) is 0 Å². The fourth-order valence-electron chi connectivity index (χ4n) is 0.289. The molecule has 0 aliphatic rings. The quantitative estimate of drug-likeness (QED) is 0.305. The van der Waals surface area contributed by atoms with Crippen LogP contribution in [0.4, 0.5) is 0 Å². The molecule has 0 aromatic heterocycles. The summed E-state index contributed by atoms with van der Waals surface area (Å²) in [6, 6.07) is 0. The molecule has 64 valence electrons. The van der Waals surface area contributed by atoms with E-state index in [9.17, 15) is 9.59 Å². The van der Waals surface area contributed by atoms with Crippen molar-refractivity contribution in [2.24, 2.45) is 0 Å². The van der Waals surface area contributed by atoms with Gasteiger partial charge in [0, 0.05) is 0 Å². The van der Waals surface area contributed by atoms with Gasteiger partial charge in [-0.15, -0.1) is 0 Å². The third-order valence-electron chi connectivity index (χ3n) is 0.724. The van der Waals surface area contributed by atoms with E-state index < -0.39 is 23.7 Å². The largest absolute Gasteiger partial charge is 0.463 e. The van der Waals surface area contributed by atoms with E-state index in [-0.39, 0.29) is 0 Å². The van der Waals surface area contributed by atoms with Crippen LogP contribution in [0.15, 0.2) is 0 Å². The molecule has 0 aliphatic carbocycles. The molecule has 11 heavy (non-hydrogen) atoms. The Balaban J connectivity index is 3.61. The Morgan fingerprint density at radius 1 is 1.45 bits per heavy atom. The second-order valence-electron chi connectivity index (χ2n) is 1.44. The Bertz CT molecular complexity index is 155. The van der Waals surface area contributed by atoms with Gasteiger partial charge in [0.2, 0.25) is 0 Å². The predicted molar refractivity (Wildman–Crippen MR) is 28.4 cm³/mol. The number of nitrogens with zero attached hydrogens (tertiary/aromatic N) is 1. The normalized spacial score (nSPS) is 9.82. The highest BCUT2D eigenvalue weighted by atomic mass is 17.1. The summed E-state index contributed by atoms with van der Waals surface area (Å²) in [5.74, 6) is -2.12. The summed E-state index contributed by atoms with van der Waals surface area (Å²) in [6.45, 7) is -0.778. The van der Waals surface area contributed by atoms with Crippen molar-refractivity contribution in [3.8, 4) is 0 Å². The molecule has 7 nitrogen and oxygen atoms in total. The minimum absolute atomic E-state index is 0.666. The highest BCUT2D eigenvalue weighted by molar-refractivity contribution is 6.34. The Morgan fingerprint density at radius 3 is 2.36 bits per heavy atom. The van der Waals surface area contributed by atoms with Gasteiger partial charge in [0.1, 0.15) is 6.61 Å². The lowest BCUT2D eigenvalue weighted by Crippen LogP contribution is -2.26. The molecular formula is C4H7NO6. The summed E-state index contributed by atoms with van der Waals surface area (Å²) in [6.07, 6.45) is 0. The SMILES string of the molecule is COC(=O)C(=O)CON(O)O. The summed E-state index contributed by atoms with van der Waals surface area (Å²) < 4.78 is 3.99. The molecule has 0 heterocycles. The maximum absolute atomic E-state index is 10.4. The van der Waals surface area contributed by atoms with Gasteiger partial charge in [-0.3, -0.25) is 15.2 Å². The van der Waals surface area contributed by atoms with E-state index >= 15 is 0 Å². The first-order valence-electron chi connectivity index (χ1n) is 2.50. The van der Waals surface area contributed by atoms with Crippen LogP contribution in [0.2, 0.25) is 0 Å². The third kappa shape index (κ3) is 4.39. The van der Waals surface area contributed by atoms with Crippen molar-refractivity contribution in [1.82, 2.24) is 5.39 Å². The highest BCUT2D eigenvalue weighted by Gasteiger charge is 2.14. The smallest absolute Gasteiger partial charge is 0.376 e. The van der Waals surface area contributed by atoms with Crippen molar-refractivity contribution in [1.29, 1.82) is 0 Å². The average Bonchev–Trinajstić information content (AvgIpc) is 1.98. The molecule has 0 unspecified atom stereocenters. The molecule has 0 saturated heterocycles. The number of hydrogen-bond acceptors (Lipinski definition) is 7. The molecule has 0 saturated carbocycles. The van der Waals surface area contributed by atoms with Crippen LogP contribution < -0.4 is 0 Å². The lowest BCUT2D eigenvalue weighted by molar-refractivity contribution is -0.488. The van der Waals surface area contributed by atoms with Crippen LogP contribution in [0.25, 0.3) is 0 Å². The van der Waals surface area contributed by atoms with Crippen molar-refractivity contribution in [3.63, 3.8) is 0 Å². The number of hydrogen-bond donors (Lipinski definition) is 2. The number of ether oxygens (including phenoxy) is 1. The van der Waals surface area contributed by atoms with Gasteiger partial charge < -0.3 is 4.74 Å². The maximum Gasteiger partial charge on any atom is 0.376 e. The topological polar surface area (TPSA) is 96.3 Å². The molecule has 0 bridgehead atoms. The van der Waals surface area contributed by atoms with Crippen molar-refractivity contribution in [2.75, 3.05) is 13.7 Å². The molecule has 0 fully saturated rings. The molecule has 0 amide bonds. The molecule has 0 radical (unpaired) electrons. The van der Waals surface area contributed by atoms with E-state index in [1.807, 2.05) is 0 Å². The van der Waals surface area contributed by atoms with E-state index in [1.54, 1.807) is 0 Å². The first-order valence-corrected chi connectivity index (χ1v) is 2.50. The Labute approximate surface area is 61.6 Å². The monoisotopic (exact) mass is 165 g/mol. The van der Waals surface area contributed by atoms with Crippen LogP contribution >= 0.6 is 0 Å². The van der Waals surface area contributed by atoms with Crippen LogP contribution in [0.3, 0.4) is 0 Å². The number of ketones is 1. The van der Waals surface area contributed by atoms with E-state index in [0.717, 1.165) is 7.11 Å². The van der Waals surface area contributed by atoms with Crippen molar-refractivity contribution in [3.05, 3.63) is 0 Å². The highest BCUT2D eigenvalue weighted by Crippen LogP contribution is 1.82. The molecule has 0 aromatic rings. The van der Waals surface area contributed by atoms with Gasteiger partial charge in [-0.05, 0) is 0 Å². The second-order valence-corrected chi connectivity index (χ2v) is 1.44. The third-order valence-corrected chi connectivity index (χ3v) is 0.724. The zero-order valence-corrected chi connectivity index (χ0v) is 5.68. The number of methoxy groups -OCH3 is 1. The number of esters is 1. The van der Waals surface area contributed by atoms with Crippen LogP contribution in [0, 0.1) is 0 Å². The molecule has 7 heteroatoms. The van der Waals surface area contributed by atoms with Gasteiger partial charge in [-0.25, -0.2) is 9.63 Å². The summed E-state index contributed by atoms with van der Waals surface area (Å²) in [5, 5.41) is 15.2. The number of rotatable bonds is 4. The van der Waals surface area contributed by atoms with Crippen LogP contribution in [-0.2, 0) is 19.2 Å². The molecule has 0 rings (SSSR count).